The van der Waals surface area contributed by atoms with Gasteiger partial charge in [-0.1, -0.05) is 6.07 Å². The van der Waals surface area contributed by atoms with Crippen molar-refractivity contribution in [1.82, 2.24) is 15.3 Å². The molecule has 0 radical (unpaired) electrons. The van der Waals surface area contributed by atoms with E-state index in [1.54, 1.807) is 23.7 Å². The molecule has 1 amide bonds. The van der Waals surface area contributed by atoms with Crippen LogP contribution in [0.15, 0.2) is 36.1 Å². The second-order valence-corrected chi connectivity index (χ2v) is 7.71. The first-order valence-corrected chi connectivity index (χ1v) is 9.49. The lowest BCUT2D eigenvalue weighted by Gasteiger charge is -2.32. The maximum atomic E-state index is 12.6. The molecule has 1 aliphatic carbocycles. The van der Waals surface area contributed by atoms with Crippen molar-refractivity contribution in [2.75, 3.05) is 24.5 Å². The van der Waals surface area contributed by atoms with E-state index >= 15 is 0 Å². The summed E-state index contributed by atoms with van der Waals surface area (Å²) >= 11 is 1.70. The van der Waals surface area contributed by atoms with Crippen LogP contribution in [0.5, 0.6) is 0 Å². The summed E-state index contributed by atoms with van der Waals surface area (Å²) < 4.78 is 0. The van der Waals surface area contributed by atoms with Crippen LogP contribution in [0.4, 0.5) is 5.82 Å². The number of anilines is 1. The Morgan fingerprint density at radius 1 is 1.33 bits per heavy atom. The lowest BCUT2D eigenvalue weighted by Crippen LogP contribution is -2.41. The van der Waals surface area contributed by atoms with Crippen LogP contribution >= 0.6 is 11.3 Å². The Bertz CT molecular complexity index is 676. The molecule has 6 heteroatoms. The second-order valence-electron chi connectivity index (χ2n) is 6.76. The molecule has 3 heterocycles. The summed E-state index contributed by atoms with van der Waals surface area (Å²) in [5.74, 6) is 1.73. The van der Waals surface area contributed by atoms with E-state index in [1.807, 2.05) is 12.3 Å². The molecule has 2 aliphatic rings. The van der Waals surface area contributed by atoms with Crippen molar-refractivity contribution in [3.63, 3.8) is 0 Å². The number of carbonyl (C=O) groups excluding carboxylic acids is 1. The zero-order chi connectivity index (χ0) is 16.4. The molecular weight excluding hydrogens is 320 g/mol. The Balaban J connectivity index is 1.27. The maximum absolute atomic E-state index is 12.6. The summed E-state index contributed by atoms with van der Waals surface area (Å²) in [5.41, 5.74) is -0.214. The van der Waals surface area contributed by atoms with Gasteiger partial charge in [0.2, 0.25) is 5.91 Å². The molecule has 1 saturated carbocycles. The predicted octanol–water partition coefficient (Wildman–Crippen LogP) is 2.60. The van der Waals surface area contributed by atoms with Gasteiger partial charge in [0.1, 0.15) is 5.82 Å². The summed E-state index contributed by atoms with van der Waals surface area (Å²) in [6.07, 6.45) is 9.41. The van der Waals surface area contributed by atoms with E-state index in [9.17, 15) is 4.79 Å². The summed E-state index contributed by atoms with van der Waals surface area (Å²) in [7, 11) is 0. The number of piperidine rings is 1. The molecule has 126 valence electrons. The van der Waals surface area contributed by atoms with Crippen LogP contribution in [-0.4, -0.2) is 35.5 Å². The second kappa shape index (κ2) is 6.51. The first-order valence-electron chi connectivity index (χ1n) is 8.61. The minimum Gasteiger partial charge on any atom is -0.355 e. The topological polar surface area (TPSA) is 58.1 Å². The first-order chi connectivity index (χ1) is 11.8. The van der Waals surface area contributed by atoms with E-state index in [1.165, 1.54) is 4.88 Å². The van der Waals surface area contributed by atoms with Gasteiger partial charge < -0.3 is 10.2 Å². The molecule has 1 saturated heterocycles. The molecule has 1 N–H and O–H groups in total. The summed E-state index contributed by atoms with van der Waals surface area (Å²) in [4.78, 5) is 24.6. The third-order valence-corrected chi connectivity index (χ3v) is 6.29. The average molecular weight is 342 g/mol. The van der Waals surface area contributed by atoms with Gasteiger partial charge in [-0.15, -0.1) is 11.3 Å². The number of aromatic nitrogens is 2. The van der Waals surface area contributed by atoms with Gasteiger partial charge >= 0.3 is 0 Å². The minimum atomic E-state index is -0.214. The number of nitrogens with zero attached hydrogens (tertiary/aromatic N) is 3. The third kappa shape index (κ3) is 3.02. The highest BCUT2D eigenvalue weighted by atomic mass is 32.1. The molecule has 0 atom stereocenters. The Morgan fingerprint density at radius 3 is 2.79 bits per heavy atom. The number of thiophene rings is 1. The summed E-state index contributed by atoms with van der Waals surface area (Å²) in [6.45, 7) is 2.75. The lowest BCUT2D eigenvalue weighted by atomic mass is 9.96. The summed E-state index contributed by atoms with van der Waals surface area (Å²) in [6, 6.07) is 4.13. The molecule has 0 spiro atoms. The first kappa shape index (κ1) is 15.6. The monoisotopic (exact) mass is 342 g/mol. The molecule has 0 bridgehead atoms. The van der Waals surface area contributed by atoms with Crippen molar-refractivity contribution in [3.05, 3.63) is 41.0 Å². The average Bonchev–Trinajstić information content (AvgIpc) is 3.27. The van der Waals surface area contributed by atoms with Gasteiger partial charge in [-0.2, -0.15) is 0 Å². The lowest BCUT2D eigenvalue weighted by molar-refractivity contribution is -0.123. The van der Waals surface area contributed by atoms with Crippen LogP contribution in [0.2, 0.25) is 0 Å². The van der Waals surface area contributed by atoms with Crippen LogP contribution in [-0.2, 0) is 10.2 Å². The van der Waals surface area contributed by atoms with Gasteiger partial charge in [0, 0.05) is 36.9 Å². The number of hydrogen-bond donors (Lipinski definition) is 1. The quantitative estimate of drug-likeness (QED) is 0.907. The highest BCUT2D eigenvalue weighted by Gasteiger charge is 2.52. The van der Waals surface area contributed by atoms with Crippen molar-refractivity contribution >= 4 is 23.1 Å². The molecule has 4 rings (SSSR count). The predicted molar refractivity (Wildman–Crippen MR) is 95.2 cm³/mol. The molecule has 2 fully saturated rings. The molecular formula is C18H22N4OS. The fourth-order valence-electron chi connectivity index (χ4n) is 3.49. The van der Waals surface area contributed by atoms with Crippen molar-refractivity contribution in [3.8, 4) is 0 Å². The third-order valence-electron chi connectivity index (χ3n) is 5.22. The maximum Gasteiger partial charge on any atom is 0.231 e. The van der Waals surface area contributed by atoms with E-state index in [2.05, 4.69) is 31.6 Å². The Kier molecular flexibility index (Phi) is 4.22. The van der Waals surface area contributed by atoms with Gasteiger partial charge in [0.25, 0.3) is 0 Å². The smallest absolute Gasteiger partial charge is 0.231 e. The van der Waals surface area contributed by atoms with Crippen LogP contribution in [0.3, 0.4) is 0 Å². The SMILES string of the molecule is O=C(NCC1CCN(c2cnccn2)CC1)C1(c2cccs2)CC1. The zero-order valence-corrected chi connectivity index (χ0v) is 14.5. The summed E-state index contributed by atoms with van der Waals surface area (Å²) in [5, 5.41) is 5.28. The number of amides is 1. The van der Waals surface area contributed by atoms with Gasteiger partial charge in [0.05, 0.1) is 11.6 Å². The molecule has 5 nitrogen and oxygen atoms in total. The van der Waals surface area contributed by atoms with Gasteiger partial charge in [-0.3, -0.25) is 9.78 Å². The molecule has 2 aromatic rings. The minimum absolute atomic E-state index is 0.214. The van der Waals surface area contributed by atoms with Gasteiger partial charge in [-0.25, -0.2) is 4.98 Å². The van der Waals surface area contributed by atoms with Crippen LogP contribution in [0, 0.1) is 5.92 Å². The van der Waals surface area contributed by atoms with Crippen LogP contribution in [0.1, 0.15) is 30.6 Å². The Morgan fingerprint density at radius 2 is 2.17 bits per heavy atom. The van der Waals surface area contributed by atoms with E-state index in [4.69, 9.17) is 0 Å². The van der Waals surface area contributed by atoms with Crippen LogP contribution in [0.25, 0.3) is 0 Å². The van der Waals surface area contributed by atoms with E-state index in [0.717, 1.165) is 51.1 Å². The highest BCUT2D eigenvalue weighted by Crippen LogP contribution is 2.50. The van der Waals surface area contributed by atoms with Gasteiger partial charge in [-0.05, 0) is 43.0 Å². The largest absolute Gasteiger partial charge is 0.355 e. The van der Waals surface area contributed by atoms with Crippen molar-refractivity contribution in [2.45, 2.75) is 31.1 Å². The fourth-order valence-corrected chi connectivity index (χ4v) is 4.47. The van der Waals surface area contributed by atoms with Crippen LogP contribution < -0.4 is 10.2 Å². The van der Waals surface area contributed by atoms with Crippen molar-refractivity contribution < 1.29 is 4.79 Å². The number of hydrogen-bond acceptors (Lipinski definition) is 5. The molecule has 0 unspecified atom stereocenters. The molecule has 1 aliphatic heterocycles. The number of carbonyl (C=O) groups is 1. The van der Waals surface area contributed by atoms with Gasteiger partial charge in [0.15, 0.2) is 0 Å². The standard InChI is InChI=1S/C18H22N4OS/c23-17(18(5-6-18)15-2-1-11-24-15)21-12-14-3-9-22(10-4-14)16-13-19-7-8-20-16/h1-2,7-8,11,13-14H,3-6,9-10,12H2,(H,21,23). The van der Waals surface area contributed by atoms with Crippen molar-refractivity contribution in [1.29, 1.82) is 0 Å². The van der Waals surface area contributed by atoms with E-state index < -0.39 is 0 Å². The zero-order valence-electron chi connectivity index (χ0n) is 13.6. The molecule has 0 aromatic carbocycles. The Hall–Kier alpha value is -1.95. The highest BCUT2D eigenvalue weighted by molar-refractivity contribution is 7.10. The number of nitrogens with one attached hydrogen (secondary N) is 1. The molecule has 2 aromatic heterocycles. The normalized spacial score (nSPS) is 19.9. The fraction of sp³-hybridized carbons (Fsp3) is 0.500. The Labute approximate surface area is 146 Å². The van der Waals surface area contributed by atoms with Crippen molar-refractivity contribution in [2.24, 2.45) is 5.92 Å². The molecule has 24 heavy (non-hydrogen) atoms. The van der Waals surface area contributed by atoms with E-state index in [-0.39, 0.29) is 11.3 Å². The number of rotatable bonds is 5. The van der Waals surface area contributed by atoms with E-state index in [0.29, 0.717) is 5.92 Å².